The van der Waals surface area contributed by atoms with Crippen molar-refractivity contribution in [2.75, 3.05) is 26.2 Å². The molecule has 0 radical (unpaired) electrons. The molecule has 0 bridgehead atoms. The van der Waals surface area contributed by atoms with E-state index in [1.165, 1.54) is 5.57 Å². The maximum atomic E-state index is 11.6. The Labute approximate surface area is 128 Å². The number of rotatable bonds is 2. The summed E-state index contributed by atoms with van der Waals surface area (Å²) in [6.45, 7) is 9.73. The maximum absolute atomic E-state index is 11.6. The Morgan fingerprint density at radius 3 is 2.67 bits per heavy atom. The number of amides is 1. The lowest BCUT2D eigenvalue weighted by Gasteiger charge is -2.33. The van der Waals surface area contributed by atoms with Crippen LogP contribution >= 0.6 is 0 Å². The summed E-state index contributed by atoms with van der Waals surface area (Å²) in [6.07, 6.45) is 9.26. The van der Waals surface area contributed by atoms with E-state index in [9.17, 15) is 4.79 Å². The highest BCUT2D eigenvalue weighted by Crippen LogP contribution is 2.25. The fourth-order valence-corrected chi connectivity index (χ4v) is 2.92. The third-order valence-corrected chi connectivity index (χ3v) is 4.23. The number of hydrogen-bond acceptors (Lipinski definition) is 3. The van der Waals surface area contributed by atoms with Crippen molar-refractivity contribution in [2.24, 2.45) is 10.9 Å². The molecule has 0 aromatic rings. The molecule has 0 spiro atoms. The van der Waals surface area contributed by atoms with Crippen molar-refractivity contribution in [3.05, 3.63) is 23.5 Å². The largest absolute Gasteiger partial charge is 0.355 e. The molecule has 0 unspecified atom stereocenters. The molecular weight excluding hydrogens is 262 g/mol. The lowest BCUT2D eigenvalue weighted by atomic mass is 9.99. The molecule has 0 atom stereocenters. The molecule has 0 aromatic carbocycles. The monoisotopic (exact) mass is 289 g/mol. The Morgan fingerprint density at radius 1 is 1.19 bits per heavy atom. The quantitative estimate of drug-likeness (QED) is 0.783. The van der Waals surface area contributed by atoms with Crippen LogP contribution in [0.15, 0.2) is 28.5 Å². The van der Waals surface area contributed by atoms with Gasteiger partial charge in [-0.25, -0.2) is 4.99 Å². The van der Waals surface area contributed by atoms with Crippen molar-refractivity contribution < 1.29 is 4.79 Å². The van der Waals surface area contributed by atoms with Crippen molar-refractivity contribution in [2.45, 2.75) is 40.0 Å². The van der Waals surface area contributed by atoms with Crippen LogP contribution in [0, 0.1) is 5.92 Å². The molecule has 0 aromatic heterocycles. The minimum atomic E-state index is 0.181. The minimum absolute atomic E-state index is 0.181. The van der Waals surface area contributed by atoms with Crippen LogP contribution in [0.2, 0.25) is 0 Å². The van der Waals surface area contributed by atoms with Crippen molar-refractivity contribution in [1.29, 1.82) is 0 Å². The zero-order valence-electron chi connectivity index (χ0n) is 13.5. The first-order valence-electron chi connectivity index (χ1n) is 8.02. The highest BCUT2D eigenvalue weighted by Gasteiger charge is 2.20. The molecule has 4 nitrogen and oxygen atoms in total. The van der Waals surface area contributed by atoms with E-state index in [0.29, 0.717) is 5.92 Å². The van der Waals surface area contributed by atoms with E-state index in [1.807, 2.05) is 17.2 Å². The number of hydrogen-bond donors (Lipinski definition) is 0. The molecule has 1 saturated heterocycles. The van der Waals surface area contributed by atoms with Gasteiger partial charge < -0.3 is 9.80 Å². The number of carbonyl (C=O) groups is 1. The van der Waals surface area contributed by atoms with Gasteiger partial charge in [-0.2, -0.15) is 0 Å². The van der Waals surface area contributed by atoms with Crippen molar-refractivity contribution >= 4 is 12.1 Å². The third kappa shape index (κ3) is 4.19. The Balaban J connectivity index is 2.19. The molecule has 2 rings (SSSR count). The first-order valence-corrected chi connectivity index (χ1v) is 8.02. The summed E-state index contributed by atoms with van der Waals surface area (Å²) in [5, 5.41) is 0. The second-order valence-electron chi connectivity index (χ2n) is 6.11. The molecule has 2 aliphatic heterocycles. The Bertz CT molecular complexity index is 463. The second kappa shape index (κ2) is 7.43. The smallest absolute Gasteiger partial charge is 0.219 e. The SMILES string of the molecule is CC(=O)N1CCCCN(C2=C(C(C)C)CC=CC=N2)CC1. The van der Waals surface area contributed by atoms with Crippen LogP contribution in [-0.4, -0.2) is 48.1 Å². The van der Waals surface area contributed by atoms with Crippen LogP contribution in [0.4, 0.5) is 0 Å². The molecule has 116 valence electrons. The molecule has 0 saturated carbocycles. The summed E-state index contributed by atoms with van der Waals surface area (Å²) in [5.74, 6) is 1.80. The Kier molecular flexibility index (Phi) is 5.59. The zero-order valence-corrected chi connectivity index (χ0v) is 13.5. The molecule has 2 aliphatic rings. The minimum Gasteiger partial charge on any atom is -0.355 e. The Hall–Kier alpha value is -1.58. The second-order valence-corrected chi connectivity index (χ2v) is 6.11. The molecule has 1 amide bonds. The summed E-state index contributed by atoms with van der Waals surface area (Å²) in [6, 6.07) is 0. The van der Waals surface area contributed by atoms with Gasteiger partial charge in [-0.15, -0.1) is 0 Å². The fourth-order valence-electron chi connectivity index (χ4n) is 2.92. The van der Waals surface area contributed by atoms with Crippen LogP contribution in [0.5, 0.6) is 0 Å². The van der Waals surface area contributed by atoms with E-state index >= 15 is 0 Å². The van der Waals surface area contributed by atoms with Crippen LogP contribution < -0.4 is 0 Å². The van der Waals surface area contributed by atoms with Gasteiger partial charge in [-0.3, -0.25) is 4.79 Å². The van der Waals surface area contributed by atoms with Crippen LogP contribution in [0.25, 0.3) is 0 Å². The summed E-state index contributed by atoms with van der Waals surface area (Å²) < 4.78 is 0. The first-order chi connectivity index (χ1) is 10.1. The summed E-state index contributed by atoms with van der Waals surface area (Å²) >= 11 is 0. The highest BCUT2D eigenvalue weighted by atomic mass is 16.2. The predicted octanol–water partition coefficient (Wildman–Crippen LogP) is 2.83. The van der Waals surface area contributed by atoms with Gasteiger partial charge in [0.15, 0.2) is 0 Å². The average molecular weight is 289 g/mol. The van der Waals surface area contributed by atoms with Crippen molar-refractivity contribution in [3.8, 4) is 0 Å². The van der Waals surface area contributed by atoms with Gasteiger partial charge in [0.2, 0.25) is 5.91 Å². The third-order valence-electron chi connectivity index (χ3n) is 4.23. The van der Waals surface area contributed by atoms with E-state index < -0.39 is 0 Å². The number of aliphatic imine (C=N–C) groups is 1. The molecule has 1 fully saturated rings. The summed E-state index contributed by atoms with van der Waals surface area (Å²) in [7, 11) is 0. The molecular formula is C17H27N3O. The standard InChI is InChI=1S/C17H27N3O/c1-14(2)16-8-4-5-9-18-17(16)20-11-7-6-10-19(12-13-20)15(3)21/h4-5,9,14H,6-8,10-13H2,1-3H3. The molecule has 4 heteroatoms. The van der Waals surface area contributed by atoms with Gasteiger partial charge in [0.1, 0.15) is 5.82 Å². The van der Waals surface area contributed by atoms with Gasteiger partial charge >= 0.3 is 0 Å². The van der Waals surface area contributed by atoms with E-state index in [0.717, 1.165) is 51.3 Å². The van der Waals surface area contributed by atoms with E-state index in [-0.39, 0.29) is 5.91 Å². The van der Waals surface area contributed by atoms with E-state index in [1.54, 1.807) is 6.92 Å². The van der Waals surface area contributed by atoms with Crippen LogP contribution in [-0.2, 0) is 4.79 Å². The molecule has 0 N–H and O–H groups in total. The van der Waals surface area contributed by atoms with Crippen molar-refractivity contribution in [1.82, 2.24) is 9.80 Å². The maximum Gasteiger partial charge on any atom is 0.219 e. The Morgan fingerprint density at radius 2 is 1.95 bits per heavy atom. The van der Waals surface area contributed by atoms with Gasteiger partial charge in [-0.1, -0.05) is 19.9 Å². The van der Waals surface area contributed by atoms with Crippen LogP contribution in [0.1, 0.15) is 40.0 Å². The predicted molar refractivity (Wildman–Crippen MR) is 87.2 cm³/mol. The fraction of sp³-hybridized carbons (Fsp3) is 0.647. The van der Waals surface area contributed by atoms with Gasteiger partial charge in [0.25, 0.3) is 0 Å². The highest BCUT2D eigenvalue weighted by molar-refractivity contribution is 5.73. The molecule has 2 heterocycles. The number of nitrogens with zero attached hydrogens (tertiary/aromatic N) is 3. The van der Waals surface area contributed by atoms with Crippen molar-refractivity contribution in [3.63, 3.8) is 0 Å². The van der Waals surface area contributed by atoms with E-state index in [4.69, 9.17) is 0 Å². The van der Waals surface area contributed by atoms with Gasteiger partial charge in [0, 0.05) is 39.3 Å². The summed E-state index contributed by atoms with van der Waals surface area (Å²) in [5.41, 5.74) is 1.40. The first kappa shape index (κ1) is 15.8. The van der Waals surface area contributed by atoms with Gasteiger partial charge in [0.05, 0.1) is 0 Å². The number of allylic oxidation sites excluding steroid dienone is 3. The topological polar surface area (TPSA) is 35.9 Å². The van der Waals surface area contributed by atoms with E-state index in [2.05, 4.69) is 29.8 Å². The zero-order chi connectivity index (χ0) is 15.2. The normalized spacial score (nSPS) is 20.6. The lowest BCUT2D eigenvalue weighted by Crippen LogP contribution is -2.40. The number of carbonyl (C=O) groups excluding carboxylic acids is 1. The van der Waals surface area contributed by atoms with Gasteiger partial charge in [-0.05, 0) is 36.8 Å². The lowest BCUT2D eigenvalue weighted by molar-refractivity contribution is -0.129. The molecule has 0 aliphatic carbocycles. The molecule has 21 heavy (non-hydrogen) atoms. The van der Waals surface area contributed by atoms with Crippen LogP contribution in [0.3, 0.4) is 0 Å². The summed E-state index contributed by atoms with van der Waals surface area (Å²) in [4.78, 5) is 20.6. The average Bonchev–Trinajstić information content (AvgIpc) is 2.64.